The number of benzene rings is 2. The molecule has 0 aliphatic heterocycles. The summed E-state index contributed by atoms with van der Waals surface area (Å²) in [6.45, 7) is 1.62. The lowest BCUT2D eigenvalue weighted by Gasteiger charge is -2.20. The van der Waals surface area contributed by atoms with Crippen LogP contribution in [-0.4, -0.2) is 48.0 Å². The number of nitrogens with one attached hydrogen (secondary N) is 2. The number of ketones is 1. The third-order valence-corrected chi connectivity index (χ3v) is 7.21. The summed E-state index contributed by atoms with van der Waals surface area (Å²) in [7, 11) is -2.22. The van der Waals surface area contributed by atoms with E-state index >= 15 is 0 Å². The van der Waals surface area contributed by atoms with Crippen LogP contribution in [0.25, 0.3) is 0 Å². The van der Waals surface area contributed by atoms with Gasteiger partial charge in [0.25, 0.3) is 0 Å². The average molecular weight is 469 g/mol. The molecule has 174 valence electrons. The standard InChI is InChI=1S/C24H28N4O4S/c1-18(29)19-10-12-21(13-11-19)33(31,32)28(2)16-6-9-24(30)27-22(17-23-25-14-15-26-23)20-7-4-3-5-8-20/h3-5,7-8,10-15,22H,6,9,16-17H2,1-2H3,(H,25,26)(H,27,30)/t22-/m1/s1. The number of rotatable bonds is 11. The maximum atomic E-state index is 12.8. The Labute approximate surface area is 194 Å². The van der Waals surface area contributed by atoms with Crippen molar-refractivity contribution in [3.63, 3.8) is 0 Å². The summed E-state index contributed by atoms with van der Waals surface area (Å²) >= 11 is 0. The van der Waals surface area contributed by atoms with Gasteiger partial charge in [0, 0.05) is 44.4 Å². The van der Waals surface area contributed by atoms with Gasteiger partial charge in [0.05, 0.1) is 10.9 Å². The predicted molar refractivity (Wildman–Crippen MR) is 125 cm³/mol. The molecule has 3 aromatic rings. The van der Waals surface area contributed by atoms with Crippen LogP contribution >= 0.6 is 0 Å². The van der Waals surface area contributed by atoms with Crippen LogP contribution in [0.1, 0.15) is 47.6 Å². The lowest BCUT2D eigenvalue weighted by molar-refractivity contribution is -0.122. The van der Waals surface area contributed by atoms with Crippen molar-refractivity contribution >= 4 is 21.7 Å². The van der Waals surface area contributed by atoms with Crippen molar-refractivity contribution in [2.45, 2.75) is 37.1 Å². The summed E-state index contributed by atoms with van der Waals surface area (Å²) in [6.07, 6.45) is 4.49. The Kier molecular flexibility index (Phi) is 8.13. The van der Waals surface area contributed by atoms with Gasteiger partial charge in [-0.3, -0.25) is 9.59 Å². The van der Waals surface area contributed by atoms with E-state index in [2.05, 4.69) is 15.3 Å². The van der Waals surface area contributed by atoms with Gasteiger partial charge in [-0.15, -0.1) is 0 Å². The molecular weight excluding hydrogens is 440 g/mol. The van der Waals surface area contributed by atoms with Gasteiger partial charge in [0.15, 0.2) is 5.78 Å². The molecule has 0 aliphatic rings. The normalized spacial score (nSPS) is 12.5. The van der Waals surface area contributed by atoms with Crippen molar-refractivity contribution in [3.05, 3.63) is 83.9 Å². The van der Waals surface area contributed by atoms with E-state index in [0.29, 0.717) is 18.4 Å². The molecule has 0 radical (unpaired) electrons. The van der Waals surface area contributed by atoms with E-state index < -0.39 is 10.0 Å². The number of amides is 1. The molecule has 2 N–H and O–H groups in total. The maximum Gasteiger partial charge on any atom is 0.242 e. The van der Waals surface area contributed by atoms with Crippen LogP contribution in [-0.2, 0) is 21.2 Å². The van der Waals surface area contributed by atoms with Crippen LogP contribution < -0.4 is 5.32 Å². The molecule has 0 unspecified atom stereocenters. The first kappa shape index (κ1) is 24.3. The summed E-state index contributed by atoms with van der Waals surface area (Å²) < 4.78 is 26.7. The SMILES string of the molecule is CC(=O)c1ccc(S(=O)(=O)N(C)CCCC(=O)N[C@H](Cc2ncc[nH]2)c2ccccc2)cc1. The molecule has 1 amide bonds. The van der Waals surface area contributed by atoms with Crippen molar-refractivity contribution < 1.29 is 18.0 Å². The van der Waals surface area contributed by atoms with Crippen LogP contribution in [0.15, 0.2) is 71.9 Å². The minimum atomic E-state index is -3.70. The molecule has 0 bridgehead atoms. The number of carbonyl (C=O) groups is 2. The minimum absolute atomic E-state index is 0.113. The van der Waals surface area contributed by atoms with Crippen LogP contribution in [0, 0.1) is 0 Å². The molecule has 33 heavy (non-hydrogen) atoms. The molecule has 8 nitrogen and oxygen atoms in total. The first-order valence-electron chi connectivity index (χ1n) is 10.7. The fourth-order valence-electron chi connectivity index (χ4n) is 3.43. The monoisotopic (exact) mass is 468 g/mol. The number of imidazole rings is 1. The van der Waals surface area contributed by atoms with E-state index in [1.165, 1.54) is 42.5 Å². The molecule has 0 aliphatic carbocycles. The van der Waals surface area contributed by atoms with Gasteiger partial charge >= 0.3 is 0 Å². The Morgan fingerprint density at radius 3 is 2.39 bits per heavy atom. The van der Waals surface area contributed by atoms with Gasteiger partial charge in [-0.25, -0.2) is 17.7 Å². The first-order chi connectivity index (χ1) is 15.8. The summed E-state index contributed by atoms with van der Waals surface area (Å²) in [5.74, 6) is 0.483. The van der Waals surface area contributed by atoms with Crippen LogP contribution in [0.5, 0.6) is 0 Å². The lowest BCUT2D eigenvalue weighted by Crippen LogP contribution is -2.32. The zero-order valence-corrected chi connectivity index (χ0v) is 19.5. The largest absolute Gasteiger partial charge is 0.349 e. The van der Waals surface area contributed by atoms with Gasteiger partial charge in [0.1, 0.15) is 5.82 Å². The highest BCUT2D eigenvalue weighted by Gasteiger charge is 2.21. The maximum absolute atomic E-state index is 12.8. The second-order valence-electron chi connectivity index (χ2n) is 7.78. The Bertz CT molecular complexity index is 1160. The van der Waals surface area contributed by atoms with Crippen molar-refractivity contribution in [3.8, 4) is 0 Å². The van der Waals surface area contributed by atoms with Gasteiger partial charge in [-0.1, -0.05) is 42.5 Å². The van der Waals surface area contributed by atoms with Crippen LogP contribution in [0.4, 0.5) is 0 Å². The number of hydrogen-bond acceptors (Lipinski definition) is 5. The van der Waals surface area contributed by atoms with Gasteiger partial charge in [-0.2, -0.15) is 0 Å². The molecular formula is C24H28N4O4S. The summed E-state index contributed by atoms with van der Waals surface area (Å²) in [4.78, 5) is 31.4. The molecule has 1 aromatic heterocycles. The van der Waals surface area contributed by atoms with E-state index in [-0.39, 0.29) is 35.6 Å². The predicted octanol–water partition coefficient (Wildman–Crippen LogP) is 3.11. The lowest BCUT2D eigenvalue weighted by atomic mass is 10.0. The molecule has 2 aromatic carbocycles. The second-order valence-corrected chi connectivity index (χ2v) is 9.83. The van der Waals surface area contributed by atoms with Crippen molar-refractivity contribution in [1.29, 1.82) is 0 Å². The first-order valence-corrected chi connectivity index (χ1v) is 12.1. The van der Waals surface area contributed by atoms with Gasteiger partial charge < -0.3 is 10.3 Å². The highest BCUT2D eigenvalue weighted by atomic mass is 32.2. The average Bonchev–Trinajstić information content (AvgIpc) is 3.32. The van der Waals surface area contributed by atoms with E-state index in [1.807, 2.05) is 30.3 Å². The Morgan fingerprint density at radius 1 is 1.09 bits per heavy atom. The molecule has 1 heterocycles. The van der Waals surface area contributed by atoms with Crippen molar-refractivity contribution in [2.24, 2.45) is 0 Å². The number of H-pyrrole nitrogens is 1. The third-order valence-electron chi connectivity index (χ3n) is 5.34. The molecule has 1 atom stereocenters. The number of hydrogen-bond donors (Lipinski definition) is 2. The number of aromatic nitrogens is 2. The minimum Gasteiger partial charge on any atom is -0.349 e. The fraction of sp³-hybridized carbons (Fsp3) is 0.292. The molecule has 0 saturated carbocycles. The third kappa shape index (κ3) is 6.59. The number of sulfonamides is 1. The van der Waals surface area contributed by atoms with E-state index in [9.17, 15) is 18.0 Å². The molecule has 0 fully saturated rings. The number of Topliss-reactive ketones (excluding diaryl/α,β-unsaturated/α-hetero) is 1. The Hall–Kier alpha value is -3.30. The van der Waals surface area contributed by atoms with E-state index in [1.54, 1.807) is 12.4 Å². The topological polar surface area (TPSA) is 112 Å². The Balaban J connectivity index is 1.56. The molecule has 3 rings (SSSR count). The van der Waals surface area contributed by atoms with E-state index in [0.717, 1.165) is 11.4 Å². The highest BCUT2D eigenvalue weighted by molar-refractivity contribution is 7.89. The smallest absolute Gasteiger partial charge is 0.242 e. The van der Waals surface area contributed by atoms with Crippen LogP contribution in [0.2, 0.25) is 0 Å². The number of carbonyl (C=O) groups excluding carboxylic acids is 2. The van der Waals surface area contributed by atoms with Crippen LogP contribution in [0.3, 0.4) is 0 Å². The second kappa shape index (κ2) is 11.0. The van der Waals surface area contributed by atoms with Crippen molar-refractivity contribution in [2.75, 3.05) is 13.6 Å². The van der Waals surface area contributed by atoms with E-state index in [4.69, 9.17) is 0 Å². The molecule has 9 heteroatoms. The zero-order chi connectivity index (χ0) is 23.8. The number of aromatic amines is 1. The Morgan fingerprint density at radius 2 is 1.79 bits per heavy atom. The fourth-order valence-corrected chi connectivity index (χ4v) is 4.64. The summed E-state index contributed by atoms with van der Waals surface area (Å²) in [5, 5.41) is 3.03. The zero-order valence-electron chi connectivity index (χ0n) is 18.7. The quantitative estimate of drug-likeness (QED) is 0.420. The summed E-state index contributed by atoms with van der Waals surface area (Å²) in [5.41, 5.74) is 1.42. The van der Waals surface area contributed by atoms with Gasteiger partial charge in [-0.05, 0) is 31.0 Å². The summed E-state index contributed by atoms with van der Waals surface area (Å²) in [6, 6.07) is 15.3. The van der Waals surface area contributed by atoms with Crippen molar-refractivity contribution in [1.82, 2.24) is 19.6 Å². The molecule has 0 spiro atoms. The number of nitrogens with zero attached hydrogens (tertiary/aromatic N) is 2. The van der Waals surface area contributed by atoms with Gasteiger partial charge in [0.2, 0.25) is 15.9 Å². The highest BCUT2D eigenvalue weighted by Crippen LogP contribution is 2.18. The molecule has 0 saturated heterocycles.